The first-order chi connectivity index (χ1) is 9.20. The zero-order valence-electron chi connectivity index (χ0n) is 10.4. The fraction of sp³-hybridized carbons (Fsp3) is 0.133. The van der Waals surface area contributed by atoms with Crippen LogP contribution < -0.4 is 4.74 Å². The van der Waals surface area contributed by atoms with Crippen molar-refractivity contribution in [3.8, 4) is 5.75 Å². The van der Waals surface area contributed by atoms with Gasteiger partial charge in [-0.05, 0) is 18.2 Å². The third-order valence-corrected chi connectivity index (χ3v) is 3.06. The fourth-order valence-electron chi connectivity index (χ4n) is 1.66. The topological polar surface area (TPSA) is 35.5 Å². The van der Waals surface area contributed by atoms with Crippen molar-refractivity contribution in [1.82, 2.24) is 0 Å². The number of ether oxygens (including phenoxy) is 2. The van der Waals surface area contributed by atoms with E-state index in [0.717, 1.165) is 10.0 Å². The molecule has 1 unspecified atom stereocenters. The fourth-order valence-corrected chi connectivity index (χ4v) is 2.04. The highest BCUT2D eigenvalue weighted by molar-refractivity contribution is 9.10. The van der Waals surface area contributed by atoms with Crippen molar-refractivity contribution in [1.29, 1.82) is 0 Å². The van der Waals surface area contributed by atoms with E-state index in [1.807, 2.05) is 42.5 Å². The minimum absolute atomic E-state index is 0.425. The van der Waals surface area contributed by atoms with Gasteiger partial charge in [0.2, 0.25) is 6.10 Å². The van der Waals surface area contributed by atoms with Crippen LogP contribution in [0.25, 0.3) is 0 Å². The van der Waals surface area contributed by atoms with Gasteiger partial charge < -0.3 is 9.47 Å². The molecule has 0 fully saturated rings. The van der Waals surface area contributed by atoms with E-state index >= 15 is 0 Å². The molecule has 4 heteroatoms. The molecule has 2 aromatic carbocycles. The van der Waals surface area contributed by atoms with Crippen molar-refractivity contribution >= 4 is 21.9 Å². The molecule has 0 aliphatic rings. The molecular weight excluding hydrogens is 308 g/mol. The van der Waals surface area contributed by atoms with E-state index in [1.165, 1.54) is 7.11 Å². The van der Waals surface area contributed by atoms with Crippen molar-refractivity contribution in [2.24, 2.45) is 0 Å². The second-order valence-electron chi connectivity index (χ2n) is 3.89. The average Bonchev–Trinajstić information content (AvgIpc) is 2.45. The lowest BCUT2D eigenvalue weighted by atomic mass is 10.1. The molecule has 0 aliphatic carbocycles. The summed E-state index contributed by atoms with van der Waals surface area (Å²) in [5.41, 5.74) is 0.759. The largest absolute Gasteiger partial charge is 0.474 e. The third-order valence-electron chi connectivity index (χ3n) is 2.57. The van der Waals surface area contributed by atoms with Crippen LogP contribution in [-0.4, -0.2) is 13.1 Å². The number of carbonyl (C=O) groups excluding carboxylic acids is 1. The van der Waals surface area contributed by atoms with Crippen molar-refractivity contribution in [2.75, 3.05) is 7.11 Å². The molecule has 0 radical (unpaired) electrons. The molecule has 2 aromatic rings. The van der Waals surface area contributed by atoms with Gasteiger partial charge in [-0.2, -0.15) is 0 Å². The maximum Gasteiger partial charge on any atom is 0.351 e. The second kappa shape index (κ2) is 6.38. The van der Waals surface area contributed by atoms with Crippen LogP contribution in [0, 0.1) is 0 Å². The number of hydrogen-bond donors (Lipinski definition) is 0. The van der Waals surface area contributed by atoms with E-state index in [2.05, 4.69) is 15.9 Å². The zero-order valence-corrected chi connectivity index (χ0v) is 12.0. The highest BCUT2D eigenvalue weighted by Gasteiger charge is 2.23. The van der Waals surface area contributed by atoms with Gasteiger partial charge in [0.25, 0.3) is 0 Å². The molecule has 0 aliphatic heterocycles. The molecule has 19 heavy (non-hydrogen) atoms. The Labute approximate surface area is 120 Å². The Morgan fingerprint density at radius 2 is 1.84 bits per heavy atom. The van der Waals surface area contributed by atoms with Crippen LogP contribution in [0.15, 0.2) is 59.1 Å². The molecular formula is C15H13BrO3. The Morgan fingerprint density at radius 1 is 1.11 bits per heavy atom. The van der Waals surface area contributed by atoms with Gasteiger partial charge in [-0.3, -0.25) is 0 Å². The average molecular weight is 321 g/mol. The number of halogens is 1. The summed E-state index contributed by atoms with van der Waals surface area (Å²) >= 11 is 3.37. The molecule has 0 bridgehead atoms. The lowest BCUT2D eigenvalue weighted by molar-refractivity contribution is -0.149. The summed E-state index contributed by atoms with van der Waals surface area (Å²) in [6.45, 7) is 0. The van der Waals surface area contributed by atoms with Crippen molar-refractivity contribution in [3.63, 3.8) is 0 Å². The van der Waals surface area contributed by atoms with E-state index in [1.54, 1.807) is 12.1 Å². The van der Waals surface area contributed by atoms with E-state index < -0.39 is 12.1 Å². The minimum atomic E-state index is -0.763. The summed E-state index contributed by atoms with van der Waals surface area (Å²) in [5, 5.41) is 0. The Balaban J connectivity index is 2.27. The van der Waals surface area contributed by atoms with Gasteiger partial charge in [0.05, 0.1) is 7.11 Å². The first kappa shape index (κ1) is 13.6. The minimum Gasteiger partial charge on any atom is -0.474 e. The maximum absolute atomic E-state index is 11.8. The standard InChI is InChI=1S/C15H13BrO3/c1-18-15(17)14(11-6-3-2-4-7-11)19-13-9-5-8-12(16)10-13/h2-10,14H,1H3. The summed E-state index contributed by atoms with van der Waals surface area (Å²) in [7, 11) is 1.35. The van der Waals surface area contributed by atoms with E-state index in [-0.39, 0.29) is 0 Å². The van der Waals surface area contributed by atoms with E-state index in [9.17, 15) is 4.79 Å². The van der Waals surface area contributed by atoms with Crippen LogP contribution in [0.4, 0.5) is 0 Å². The first-order valence-corrected chi connectivity index (χ1v) is 6.55. The summed E-state index contributed by atoms with van der Waals surface area (Å²) in [4.78, 5) is 11.8. The lowest BCUT2D eigenvalue weighted by Gasteiger charge is -2.17. The van der Waals surface area contributed by atoms with Crippen LogP contribution >= 0.6 is 15.9 Å². The van der Waals surface area contributed by atoms with Crippen molar-refractivity contribution in [3.05, 3.63) is 64.6 Å². The number of methoxy groups -OCH3 is 1. The first-order valence-electron chi connectivity index (χ1n) is 5.75. The predicted octanol–water partition coefficient (Wildman–Crippen LogP) is 3.74. The van der Waals surface area contributed by atoms with Crippen LogP contribution in [0.5, 0.6) is 5.75 Å². The van der Waals surface area contributed by atoms with E-state index in [4.69, 9.17) is 9.47 Å². The Hall–Kier alpha value is -1.81. The maximum atomic E-state index is 11.8. The molecule has 0 aromatic heterocycles. The molecule has 0 amide bonds. The molecule has 0 spiro atoms. The van der Waals surface area contributed by atoms with Crippen LogP contribution in [0.1, 0.15) is 11.7 Å². The Morgan fingerprint density at radius 3 is 2.47 bits per heavy atom. The summed E-state index contributed by atoms with van der Waals surface area (Å²) < 4.78 is 11.4. The zero-order chi connectivity index (χ0) is 13.7. The number of esters is 1. The molecule has 0 N–H and O–H groups in total. The van der Waals surface area contributed by atoms with Gasteiger partial charge in [-0.25, -0.2) is 4.79 Å². The summed E-state index contributed by atoms with van der Waals surface area (Å²) in [6, 6.07) is 16.6. The van der Waals surface area contributed by atoms with Crippen LogP contribution in [0.3, 0.4) is 0 Å². The van der Waals surface area contributed by atoms with Crippen molar-refractivity contribution < 1.29 is 14.3 Å². The number of rotatable bonds is 4. The third kappa shape index (κ3) is 3.58. The van der Waals surface area contributed by atoms with Crippen LogP contribution in [0.2, 0.25) is 0 Å². The monoisotopic (exact) mass is 320 g/mol. The Bertz CT molecular complexity index is 554. The normalized spacial score (nSPS) is 11.7. The molecule has 2 rings (SSSR count). The summed E-state index contributed by atoms with van der Waals surface area (Å²) in [5.74, 6) is 0.180. The number of hydrogen-bond acceptors (Lipinski definition) is 3. The molecule has 98 valence electrons. The highest BCUT2D eigenvalue weighted by atomic mass is 79.9. The Kier molecular flexibility index (Phi) is 4.58. The SMILES string of the molecule is COC(=O)C(Oc1cccc(Br)c1)c1ccccc1. The summed E-state index contributed by atoms with van der Waals surface area (Å²) in [6.07, 6.45) is -0.763. The quantitative estimate of drug-likeness (QED) is 0.805. The lowest BCUT2D eigenvalue weighted by Crippen LogP contribution is -2.20. The number of carbonyl (C=O) groups is 1. The van der Waals surface area contributed by atoms with Gasteiger partial charge >= 0.3 is 5.97 Å². The van der Waals surface area contributed by atoms with Gasteiger partial charge in [0.1, 0.15) is 5.75 Å². The van der Waals surface area contributed by atoms with Crippen molar-refractivity contribution in [2.45, 2.75) is 6.10 Å². The second-order valence-corrected chi connectivity index (χ2v) is 4.80. The molecule has 1 atom stereocenters. The van der Waals surface area contributed by atoms with Gasteiger partial charge in [0, 0.05) is 10.0 Å². The highest BCUT2D eigenvalue weighted by Crippen LogP contribution is 2.25. The molecule has 0 saturated carbocycles. The molecule has 0 saturated heterocycles. The van der Waals surface area contributed by atoms with Gasteiger partial charge in [-0.1, -0.05) is 52.3 Å². The predicted molar refractivity (Wildman–Crippen MR) is 76.0 cm³/mol. The van der Waals surface area contributed by atoms with Gasteiger partial charge in [0.15, 0.2) is 0 Å². The van der Waals surface area contributed by atoms with Crippen LogP contribution in [-0.2, 0) is 9.53 Å². The molecule has 3 nitrogen and oxygen atoms in total. The number of benzene rings is 2. The van der Waals surface area contributed by atoms with Gasteiger partial charge in [-0.15, -0.1) is 0 Å². The smallest absolute Gasteiger partial charge is 0.351 e. The molecule has 0 heterocycles. The van der Waals surface area contributed by atoms with E-state index in [0.29, 0.717) is 5.75 Å².